The van der Waals surface area contributed by atoms with Crippen molar-refractivity contribution in [2.45, 2.75) is 33.3 Å². The van der Waals surface area contributed by atoms with Gasteiger partial charge in [0.2, 0.25) is 0 Å². The van der Waals surface area contributed by atoms with E-state index in [1.54, 1.807) is 19.3 Å². The van der Waals surface area contributed by atoms with Crippen LogP contribution in [0.4, 0.5) is 5.69 Å². The molecule has 1 aliphatic rings. The topological polar surface area (TPSA) is 125 Å². The molecule has 0 aliphatic carbocycles. The molecular formula is C24H30N4O5S. The number of Topliss-reactive ketones (excluding diaryl/α,β-unsaturated/α-hetero) is 1. The van der Waals surface area contributed by atoms with E-state index in [2.05, 4.69) is 9.97 Å². The molecule has 3 aromatic rings. The molecule has 1 aromatic carbocycles. The largest absolute Gasteiger partial charge is 0.488 e. The van der Waals surface area contributed by atoms with Crippen LogP contribution in [-0.2, 0) is 9.84 Å². The zero-order chi connectivity index (χ0) is 24.5. The average molecular weight is 487 g/mol. The molecule has 0 bridgehead atoms. The first-order valence-corrected chi connectivity index (χ1v) is 13.3. The van der Waals surface area contributed by atoms with E-state index in [1.165, 1.54) is 0 Å². The number of ether oxygens (including phenoxy) is 1. The van der Waals surface area contributed by atoms with Crippen LogP contribution in [0, 0.1) is 5.92 Å². The van der Waals surface area contributed by atoms with Crippen LogP contribution < -0.4 is 9.64 Å². The maximum Gasteiger partial charge on any atom is 0.169 e. The number of nitrogens with one attached hydrogen (secondary N) is 1. The maximum absolute atomic E-state index is 12.8. The zero-order valence-corrected chi connectivity index (χ0v) is 20.4. The van der Waals surface area contributed by atoms with Gasteiger partial charge >= 0.3 is 0 Å². The number of hydrogen-bond donors (Lipinski definition) is 2. The molecule has 1 fully saturated rings. The molecule has 1 saturated heterocycles. The first kappa shape index (κ1) is 24.2. The summed E-state index contributed by atoms with van der Waals surface area (Å²) in [6.07, 6.45) is 3.61. The van der Waals surface area contributed by atoms with Crippen LogP contribution >= 0.6 is 0 Å². The smallest absolute Gasteiger partial charge is 0.169 e. The van der Waals surface area contributed by atoms with Gasteiger partial charge in [0.15, 0.2) is 21.3 Å². The summed E-state index contributed by atoms with van der Waals surface area (Å²) < 4.78 is 29.7. The van der Waals surface area contributed by atoms with Crippen molar-refractivity contribution in [1.29, 1.82) is 0 Å². The van der Waals surface area contributed by atoms with Gasteiger partial charge in [-0.15, -0.1) is 0 Å². The number of benzene rings is 1. The lowest BCUT2D eigenvalue weighted by atomic mass is 9.98. The number of hydrogen-bond acceptors (Lipinski definition) is 8. The summed E-state index contributed by atoms with van der Waals surface area (Å²) >= 11 is 0. The first-order chi connectivity index (χ1) is 16.2. The zero-order valence-electron chi connectivity index (χ0n) is 19.6. The summed E-state index contributed by atoms with van der Waals surface area (Å²) in [5.41, 5.74) is 3.67. The monoisotopic (exact) mass is 486 g/mol. The molecule has 0 amide bonds. The van der Waals surface area contributed by atoms with E-state index in [0.29, 0.717) is 41.3 Å². The quantitative estimate of drug-likeness (QED) is 0.466. The predicted octanol–water partition coefficient (Wildman–Crippen LogP) is 2.85. The van der Waals surface area contributed by atoms with E-state index < -0.39 is 15.9 Å². The molecule has 0 saturated carbocycles. The fraction of sp³-hybridized carbons (Fsp3) is 0.458. The Kier molecular flexibility index (Phi) is 6.90. The Morgan fingerprint density at radius 3 is 2.65 bits per heavy atom. The summed E-state index contributed by atoms with van der Waals surface area (Å²) in [6.45, 7) is 6.26. The van der Waals surface area contributed by atoms with Gasteiger partial charge in [0, 0.05) is 42.5 Å². The maximum atomic E-state index is 12.8. The van der Waals surface area contributed by atoms with Gasteiger partial charge in [-0.3, -0.25) is 4.79 Å². The van der Waals surface area contributed by atoms with Crippen molar-refractivity contribution in [3.05, 3.63) is 36.2 Å². The summed E-state index contributed by atoms with van der Waals surface area (Å²) in [6, 6.07) is 5.58. The predicted molar refractivity (Wildman–Crippen MR) is 131 cm³/mol. The molecule has 0 radical (unpaired) electrons. The molecule has 9 nitrogen and oxygen atoms in total. The molecule has 182 valence electrons. The summed E-state index contributed by atoms with van der Waals surface area (Å²) in [4.78, 5) is 27.1. The van der Waals surface area contributed by atoms with E-state index >= 15 is 0 Å². The van der Waals surface area contributed by atoms with Crippen LogP contribution in [0.5, 0.6) is 5.75 Å². The minimum Gasteiger partial charge on any atom is -0.488 e. The number of nitrogens with zero attached hydrogens (tertiary/aromatic N) is 3. The summed E-state index contributed by atoms with van der Waals surface area (Å²) in [7, 11) is -3.02. The lowest BCUT2D eigenvalue weighted by Crippen LogP contribution is -2.40. The second-order valence-corrected chi connectivity index (χ2v) is 11.1. The molecule has 2 aromatic heterocycles. The van der Waals surface area contributed by atoms with Crippen LogP contribution in [0.2, 0.25) is 0 Å². The Hall–Kier alpha value is -2.98. The van der Waals surface area contributed by atoms with Crippen LogP contribution in [0.15, 0.2) is 30.6 Å². The standard InChI is InChI=1S/C24H30N4O5S/c1-4-15(2)23(30)20-12-25-24-22(20)27-21(13-26-24)17-9-18(11-19(10-17)33-16(3)14-29)28-5-7-34(31,32)8-6-28/h9-13,15-16,29H,4-8,14H2,1-3H3,(H,25,26). The van der Waals surface area contributed by atoms with Crippen LogP contribution in [-0.4, -0.2) is 71.6 Å². The summed E-state index contributed by atoms with van der Waals surface area (Å²) in [5.74, 6) is 0.620. The highest BCUT2D eigenvalue weighted by Crippen LogP contribution is 2.32. The molecule has 2 atom stereocenters. The van der Waals surface area contributed by atoms with Crippen LogP contribution in [0.25, 0.3) is 22.4 Å². The molecule has 4 rings (SSSR count). The fourth-order valence-electron chi connectivity index (χ4n) is 3.89. The third-order valence-electron chi connectivity index (χ3n) is 6.20. The Morgan fingerprint density at radius 1 is 1.24 bits per heavy atom. The van der Waals surface area contributed by atoms with E-state index in [4.69, 9.17) is 9.72 Å². The van der Waals surface area contributed by atoms with Gasteiger partial charge in [-0.2, -0.15) is 0 Å². The van der Waals surface area contributed by atoms with Crippen LogP contribution in [0.3, 0.4) is 0 Å². The van der Waals surface area contributed by atoms with Crippen molar-refractivity contribution in [2.24, 2.45) is 5.92 Å². The summed E-state index contributed by atoms with van der Waals surface area (Å²) in [5, 5.41) is 9.44. The van der Waals surface area contributed by atoms with Gasteiger partial charge in [0.1, 0.15) is 17.4 Å². The van der Waals surface area contributed by atoms with Crippen molar-refractivity contribution in [3.8, 4) is 17.0 Å². The highest BCUT2D eigenvalue weighted by Gasteiger charge is 2.24. The minimum absolute atomic E-state index is 0.0178. The molecule has 0 spiro atoms. The van der Waals surface area contributed by atoms with Gasteiger partial charge in [-0.1, -0.05) is 13.8 Å². The van der Waals surface area contributed by atoms with Crippen molar-refractivity contribution in [3.63, 3.8) is 0 Å². The van der Waals surface area contributed by atoms with Gasteiger partial charge in [0.05, 0.1) is 35.6 Å². The highest BCUT2D eigenvalue weighted by molar-refractivity contribution is 7.91. The number of fused-ring (bicyclic) bond motifs is 1. The first-order valence-electron chi connectivity index (χ1n) is 11.5. The number of carbonyl (C=O) groups is 1. The van der Waals surface area contributed by atoms with Crippen LogP contribution in [0.1, 0.15) is 37.6 Å². The van der Waals surface area contributed by atoms with E-state index in [1.807, 2.05) is 36.9 Å². The lowest BCUT2D eigenvalue weighted by molar-refractivity contribution is 0.0929. The Labute approximate surface area is 199 Å². The second kappa shape index (κ2) is 9.71. The highest BCUT2D eigenvalue weighted by atomic mass is 32.2. The molecule has 10 heteroatoms. The van der Waals surface area contributed by atoms with Crippen molar-refractivity contribution >= 4 is 32.5 Å². The van der Waals surface area contributed by atoms with E-state index in [0.717, 1.165) is 17.7 Å². The number of aromatic nitrogens is 3. The number of rotatable bonds is 8. The normalized spacial score (nSPS) is 17.5. The molecular weight excluding hydrogens is 456 g/mol. The van der Waals surface area contributed by atoms with Crippen molar-refractivity contribution in [2.75, 3.05) is 36.1 Å². The van der Waals surface area contributed by atoms with E-state index in [9.17, 15) is 18.3 Å². The molecule has 3 heterocycles. The second-order valence-electron chi connectivity index (χ2n) is 8.79. The molecule has 34 heavy (non-hydrogen) atoms. The Balaban J connectivity index is 1.76. The number of H-pyrrole nitrogens is 1. The number of carbonyl (C=O) groups excluding carboxylic acids is 1. The van der Waals surface area contributed by atoms with Crippen molar-refractivity contribution < 1.29 is 23.1 Å². The third kappa shape index (κ3) is 5.07. The van der Waals surface area contributed by atoms with Crippen molar-refractivity contribution in [1.82, 2.24) is 15.0 Å². The Morgan fingerprint density at radius 2 is 1.97 bits per heavy atom. The number of aliphatic hydroxyl groups is 1. The fourth-order valence-corrected chi connectivity index (χ4v) is 5.09. The number of sulfone groups is 1. The van der Waals surface area contributed by atoms with Gasteiger partial charge in [-0.05, 0) is 25.5 Å². The lowest BCUT2D eigenvalue weighted by Gasteiger charge is -2.29. The number of anilines is 1. The van der Waals surface area contributed by atoms with E-state index in [-0.39, 0.29) is 29.8 Å². The SMILES string of the molecule is CCC(C)C(=O)c1c[nH]c2ncc(-c3cc(OC(C)CO)cc(N4CCS(=O)(=O)CC4)c3)nc12. The molecule has 2 N–H and O–H groups in total. The van der Waals surface area contributed by atoms with Gasteiger partial charge in [-0.25, -0.2) is 18.4 Å². The molecule has 1 aliphatic heterocycles. The van der Waals surface area contributed by atoms with Gasteiger partial charge < -0.3 is 19.7 Å². The minimum atomic E-state index is -3.02. The third-order valence-corrected chi connectivity index (χ3v) is 7.81. The number of ketones is 1. The number of aromatic amines is 1. The van der Waals surface area contributed by atoms with Gasteiger partial charge in [0.25, 0.3) is 0 Å². The molecule has 2 unspecified atom stereocenters. The number of aliphatic hydroxyl groups excluding tert-OH is 1. The average Bonchev–Trinajstić information content (AvgIpc) is 3.26. The Bertz CT molecular complexity index is 1290.